The van der Waals surface area contributed by atoms with Gasteiger partial charge in [-0.2, -0.15) is 5.10 Å². The molecule has 20 heavy (non-hydrogen) atoms. The Kier molecular flexibility index (Phi) is 4.16. The van der Waals surface area contributed by atoms with Gasteiger partial charge in [-0.05, 0) is 55.5 Å². The summed E-state index contributed by atoms with van der Waals surface area (Å²) in [4.78, 5) is 0. The second-order valence-corrected chi connectivity index (χ2v) is 5.70. The summed E-state index contributed by atoms with van der Waals surface area (Å²) in [6.45, 7) is 4.55. The summed E-state index contributed by atoms with van der Waals surface area (Å²) < 4.78 is 2.00. The van der Waals surface area contributed by atoms with E-state index in [0.29, 0.717) is 5.92 Å². The molecule has 1 fully saturated rings. The molecule has 0 saturated carbocycles. The molecule has 1 aromatic heterocycles. The molecule has 0 spiro atoms. The van der Waals surface area contributed by atoms with Crippen molar-refractivity contribution in [2.45, 2.75) is 32.1 Å². The minimum absolute atomic E-state index is 0.661. The van der Waals surface area contributed by atoms with E-state index < -0.39 is 0 Å². The zero-order valence-electron chi connectivity index (χ0n) is 12.1. The van der Waals surface area contributed by atoms with Crippen molar-refractivity contribution >= 4 is 0 Å². The smallest absolute Gasteiger partial charge is 0.0645 e. The van der Waals surface area contributed by atoms with Crippen LogP contribution < -0.4 is 5.32 Å². The van der Waals surface area contributed by atoms with Gasteiger partial charge in [-0.15, -0.1) is 0 Å². The Morgan fingerprint density at radius 2 is 2.15 bits per heavy atom. The van der Waals surface area contributed by atoms with Crippen molar-refractivity contribution in [1.82, 2.24) is 15.1 Å². The summed E-state index contributed by atoms with van der Waals surface area (Å²) in [6.07, 6.45) is 8.06. The molecule has 2 atom stereocenters. The molecule has 1 N–H and O–H groups in total. The topological polar surface area (TPSA) is 29.9 Å². The molecule has 1 saturated heterocycles. The minimum atomic E-state index is 0.661. The first-order valence-electron chi connectivity index (χ1n) is 7.69. The van der Waals surface area contributed by atoms with Crippen LogP contribution in [-0.4, -0.2) is 22.9 Å². The van der Waals surface area contributed by atoms with Crippen molar-refractivity contribution < 1.29 is 0 Å². The lowest BCUT2D eigenvalue weighted by Crippen LogP contribution is -2.35. The number of hydrogen-bond acceptors (Lipinski definition) is 2. The third-order valence-corrected chi connectivity index (χ3v) is 4.32. The average molecular weight is 269 g/mol. The highest BCUT2D eigenvalue weighted by molar-refractivity contribution is 5.31. The second-order valence-electron chi connectivity index (χ2n) is 5.70. The number of aromatic nitrogens is 2. The van der Waals surface area contributed by atoms with Gasteiger partial charge in [0, 0.05) is 6.20 Å². The molecular weight excluding hydrogens is 246 g/mol. The van der Waals surface area contributed by atoms with Crippen LogP contribution >= 0.6 is 0 Å². The zero-order valence-corrected chi connectivity index (χ0v) is 12.1. The molecule has 0 radical (unpaired) electrons. The summed E-state index contributed by atoms with van der Waals surface area (Å²) in [7, 11) is 0. The predicted octanol–water partition coefficient (Wildman–Crippen LogP) is 3.37. The van der Waals surface area contributed by atoms with E-state index >= 15 is 0 Å². The minimum Gasteiger partial charge on any atom is -0.316 e. The van der Waals surface area contributed by atoms with Gasteiger partial charge < -0.3 is 5.32 Å². The lowest BCUT2D eigenvalue weighted by atomic mass is 9.80. The number of piperidine rings is 1. The van der Waals surface area contributed by atoms with Crippen molar-refractivity contribution in [2.75, 3.05) is 13.1 Å². The van der Waals surface area contributed by atoms with Crippen LogP contribution in [-0.2, 0) is 0 Å². The van der Waals surface area contributed by atoms with Crippen LogP contribution in [0.15, 0.2) is 42.7 Å². The molecule has 2 aromatic rings. The van der Waals surface area contributed by atoms with Gasteiger partial charge in [0.15, 0.2) is 0 Å². The molecule has 1 aromatic carbocycles. The Hall–Kier alpha value is -1.61. The van der Waals surface area contributed by atoms with Crippen LogP contribution in [0.2, 0.25) is 0 Å². The average Bonchev–Trinajstić information content (AvgIpc) is 2.99. The Morgan fingerprint density at radius 3 is 2.95 bits per heavy atom. The Labute approximate surface area is 121 Å². The normalized spacial score (nSPS) is 22.9. The van der Waals surface area contributed by atoms with E-state index in [1.54, 1.807) is 0 Å². The van der Waals surface area contributed by atoms with E-state index in [2.05, 4.69) is 54.0 Å². The van der Waals surface area contributed by atoms with Gasteiger partial charge in [-0.25, -0.2) is 4.68 Å². The van der Waals surface area contributed by atoms with E-state index in [9.17, 15) is 0 Å². The number of benzene rings is 1. The van der Waals surface area contributed by atoms with E-state index in [1.165, 1.54) is 24.8 Å². The van der Waals surface area contributed by atoms with Gasteiger partial charge in [0.25, 0.3) is 0 Å². The summed E-state index contributed by atoms with van der Waals surface area (Å²) in [5.41, 5.74) is 2.54. The highest BCUT2D eigenvalue weighted by Crippen LogP contribution is 2.33. The fourth-order valence-corrected chi connectivity index (χ4v) is 3.29. The largest absolute Gasteiger partial charge is 0.316 e. The molecule has 3 rings (SSSR count). The number of hydrogen-bond donors (Lipinski definition) is 1. The lowest BCUT2D eigenvalue weighted by Gasteiger charge is -2.31. The lowest BCUT2D eigenvalue weighted by molar-refractivity contribution is 0.306. The van der Waals surface area contributed by atoms with E-state index in [-0.39, 0.29) is 0 Å². The first kappa shape index (κ1) is 13.4. The van der Waals surface area contributed by atoms with Crippen LogP contribution in [0.5, 0.6) is 0 Å². The second kappa shape index (κ2) is 6.23. The molecule has 3 heteroatoms. The SMILES string of the molecule is CCCC1CNCCC1c1cnn(-c2ccccc2)c1. The molecule has 2 heterocycles. The standard InChI is InChI=1S/C17H23N3/c1-2-6-14-11-18-10-9-17(14)15-12-19-20(13-15)16-7-4-3-5-8-16/h3-5,7-8,12-14,17-18H,2,6,9-11H2,1H3. The highest BCUT2D eigenvalue weighted by Gasteiger charge is 2.26. The number of para-hydroxylation sites is 1. The van der Waals surface area contributed by atoms with E-state index in [4.69, 9.17) is 0 Å². The maximum atomic E-state index is 4.55. The van der Waals surface area contributed by atoms with Crippen molar-refractivity contribution in [2.24, 2.45) is 5.92 Å². The van der Waals surface area contributed by atoms with E-state index in [1.807, 2.05) is 10.7 Å². The summed E-state index contributed by atoms with van der Waals surface area (Å²) >= 11 is 0. The maximum absolute atomic E-state index is 4.55. The van der Waals surface area contributed by atoms with Crippen LogP contribution in [0, 0.1) is 5.92 Å². The van der Waals surface area contributed by atoms with Crippen LogP contribution in [0.25, 0.3) is 5.69 Å². The van der Waals surface area contributed by atoms with Crippen molar-refractivity contribution in [3.63, 3.8) is 0 Å². The summed E-state index contributed by atoms with van der Waals surface area (Å²) in [6, 6.07) is 10.4. The van der Waals surface area contributed by atoms with Crippen molar-refractivity contribution in [1.29, 1.82) is 0 Å². The van der Waals surface area contributed by atoms with Crippen LogP contribution in [0.4, 0.5) is 0 Å². The van der Waals surface area contributed by atoms with Crippen LogP contribution in [0.1, 0.15) is 37.7 Å². The molecule has 106 valence electrons. The fraction of sp³-hybridized carbons (Fsp3) is 0.471. The Morgan fingerprint density at radius 1 is 1.30 bits per heavy atom. The van der Waals surface area contributed by atoms with Gasteiger partial charge in [0.2, 0.25) is 0 Å². The van der Waals surface area contributed by atoms with Gasteiger partial charge in [0.1, 0.15) is 0 Å². The molecular formula is C17H23N3. The molecule has 2 unspecified atom stereocenters. The molecule has 0 amide bonds. The molecule has 0 bridgehead atoms. The molecule has 1 aliphatic rings. The third-order valence-electron chi connectivity index (χ3n) is 4.32. The first-order valence-corrected chi connectivity index (χ1v) is 7.69. The Balaban J connectivity index is 1.81. The summed E-state index contributed by atoms with van der Waals surface area (Å²) in [5.74, 6) is 1.41. The number of nitrogens with zero attached hydrogens (tertiary/aromatic N) is 2. The predicted molar refractivity (Wildman–Crippen MR) is 82.2 cm³/mol. The van der Waals surface area contributed by atoms with Gasteiger partial charge in [-0.1, -0.05) is 31.5 Å². The van der Waals surface area contributed by atoms with Gasteiger partial charge in [0.05, 0.1) is 11.9 Å². The van der Waals surface area contributed by atoms with Crippen LogP contribution in [0.3, 0.4) is 0 Å². The summed E-state index contributed by atoms with van der Waals surface area (Å²) in [5, 5.41) is 8.08. The quantitative estimate of drug-likeness (QED) is 0.922. The number of nitrogens with one attached hydrogen (secondary N) is 1. The molecule has 0 aliphatic carbocycles. The Bertz CT molecular complexity index is 530. The molecule has 3 nitrogen and oxygen atoms in total. The van der Waals surface area contributed by atoms with Crippen molar-refractivity contribution in [3.05, 3.63) is 48.3 Å². The van der Waals surface area contributed by atoms with Gasteiger partial charge in [-0.3, -0.25) is 0 Å². The zero-order chi connectivity index (χ0) is 13.8. The van der Waals surface area contributed by atoms with Gasteiger partial charge >= 0.3 is 0 Å². The number of rotatable bonds is 4. The maximum Gasteiger partial charge on any atom is 0.0645 e. The highest BCUT2D eigenvalue weighted by atomic mass is 15.3. The van der Waals surface area contributed by atoms with E-state index in [0.717, 1.165) is 24.7 Å². The first-order chi connectivity index (χ1) is 9.88. The third kappa shape index (κ3) is 2.78. The molecule has 1 aliphatic heterocycles. The van der Waals surface area contributed by atoms with Crippen molar-refractivity contribution in [3.8, 4) is 5.69 Å². The monoisotopic (exact) mass is 269 g/mol. The fourth-order valence-electron chi connectivity index (χ4n) is 3.29.